The summed E-state index contributed by atoms with van der Waals surface area (Å²) < 4.78 is 0. The molecule has 0 aliphatic carbocycles. The topological polar surface area (TPSA) is 12.9 Å². The lowest BCUT2D eigenvalue weighted by atomic mass is 9.75. The van der Waals surface area contributed by atoms with Crippen LogP contribution >= 0.6 is 8.58 Å². The van der Waals surface area contributed by atoms with Gasteiger partial charge in [0.25, 0.3) is 0 Å². The smallest absolute Gasteiger partial charge is 0.0280 e. The zero-order chi connectivity index (χ0) is 20.5. The summed E-state index contributed by atoms with van der Waals surface area (Å²) in [5, 5.41) is 1.42. The van der Waals surface area contributed by atoms with E-state index in [2.05, 4.69) is 91.0 Å². The van der Waals surface area contributed by atoms with Crippen molar-refractivity contribution in [1.82, 2.24) is 4.98 Å². The maximum atomic E-state index is 4.07. The molecule has 1 heterocycles. The number of aromatic nitrogens is 1. The zero-order valence-corrected chi connectivity index (χ0v) is 19.4. The number of rotatable bonds is 1. The molecule has 0 spiro atoms. The highest BCUT2D eigenvalue weighted by Crippen LogP contribution is 2.36. The number of nitrogens with zero attached hydrogens (tertiary/aromatic N) is 1. The molecule has 2 aromatic rings. The minimum atomic E-state index is 0.0853. The van der Waals surface area contributed by atoms with E-state index in [9.17, 15) is 0 Å². The lowest BCUT2D eigenvalue weighted by Crippen LogP contribution is -2.30. The van der Waals surface area contributed by atoms with Gasteiger partial charge in [-0.15, -0.1) is 0 Å². The van der Waals surface area contributed by atoms with Crippen molar-refractivity contribution < 1.29 is 0 Å². The van der Waals surface area contributed by atoms with E-state index >= 15 is 0 Å². The average molecular weight is 380 g/mol. The summed E-state index contributed by atoms with van der Waals surface area (Å²) in [7, 11) is 0.473. The summed E-state index contributed by atoms with van der Waals surface area (Å²) in [6.07, 6.45) is 3.60. The molecule has 1 aromatic heterocycles. The predicted molar refractivity (Wildman–Crippen MR) is 122 cm³/mol. The van der Waals surface area contributed by atoms with Crippen molar-refractivity contribution >= 4 is 13.9 Å². The SMILES string of the molecule is CC(C)(C)c1cc(C(C)(C)C)c(PC#Cc2ccncc2)c(C(C)(C)C)c1. The Kier molecular flexibility index (Phi) is 6.23. The van der Waals surface area contributed by atoms with Crippen molar-refractivity contribution in [3.05, 3.63) is 58.9 Å². The van der Waals surface area contributed by atoms with E-state index in [4.69, 9.17) is 0 Å². The molecule has 1 unspecified atom stereocenters. The zero-order valence-electron chi connectivity index (χ0n) is 18.4. The van der Waals surface area contributed by atoms with Crippen LogP contribution in [0.4, 0.5) is 0 Å². The van der Waals surface area contributed by atoms with Gasteiger partial charge in [-0.25, -0.2) is 0 Å². The van der Waals surface area contributed by atoms with Crippen molar-refractivity contribution in [2.45, 2.75) is 78.6 Å². The van der Waals surface area contributed by atoms with E-state index in [1.165, 1.54) is 22.0 Å². The van der Waals surface area contributed by atoms with Crippen LogP contribution in [0.2, 0.25) is 0 Å². The molecule has 0 radical (unpaired) electrons. The summed E-state index contributed by atoms with van der Waals surface area (Å²) in [5.74, 6) is 3.32. The minimum absolute atomic E-state index is 0.0853. The van der Waals surface area contributed by atoms with Crippen LogP contribution in [0.3, 0.4) is 0 Å². The fourth-order valence-electron chi connectivity index (χ4n) is 2.99. The van der Waals surface area contributed by atoms with Crippen LogP contribution in [-0.4, -0.2) is 4.98 Å². The molecule has 1 nitrogen and oxygen atoms in total. The van der Waals surface area contributed by atoms with E-state index in [1.54, 1.807) is 12.4 Å². The Bertz CT molecular complexity index is 813. The summed E-state index contributed by atoms with van der Waals surface area (Å²) in [6, 6.07) is 8.78. The van der Waals surface area contributed by atoms with Gasteiger partial charge in [0.15, 0.2) is 0 Å². The van der Waals surface area contributed by atoms with Crippen molar-refractivity contribution in [2.24, 2.45) is 0 Å². The predicted octanol–water partition coefficient (Wildman–Crippen LogP) is 6.29. The van der Waals surface area contributed by atoms with Crippen LogP contribution in [0.15, 0.2) is 36.7 Å². The highest BCUT2D eigenvalue weighted by molar-refractivity contribution is 7.52. The summed E-state index contributed by atoms with van der Waals surface area (Å²) >= 11 is 0. The molecule has 0 aliphatic heterocycles. The van der Waals surface area contributed by atoms with Crippen LogP contribution in [-0.2, 0) is 16.2 Å². The molecule has 0 saturated heterocycles. The average Bonchev–Trinajstić information content (AvgIpc) is 2.52. The molecule has 27 heavy (non-hydrogen) atoms. The van der Waals surface area contributed by atoms with E-state index in [0.29, 0.717) is 8.58 Å². The quantitative estimate of drug-likeness (QED) is 0.419. The Morgan fingerprint density at radius 2 is 1.22 bits per heavy atom. The third-order valence-electron chi connectivity index (χ3n) is 4.70. The van der Waals surface area contributed by atoms with Gasteiger partial charge in [0, 0.05) is 18.0 Å². The van der Waals surface area contributed by atoms with E-state index in [0.717, 1.165) is 5.56 Å². The molecule has 0 aliphatic rings. The largest absolute Gasteiger partial charge is 0.265 e. The van der Waals surface area contributed by atoms with Gasteiger partial charge in [-0.3, -0.25) is 4.98 Å². The maximum Gasteiger partial charge on any atom is 0.0280 e. The summed E-state index contributed by atoms with van der Waals surface area (Å²) in [4.78, 5) is 4.07. The molecule has 2 heteroatoms. The normalized spacial score (nSPS) is 12.9. The Hall–Kier alpha value is -1.64. The minimum Gasteiger partial charge on any atom is -0.265 e. The third-order valence-corrected chi connectivity index (χ3v) is 5.73. The van der Waals surface area contributed by atoms with Crippen molar-refractivity contribution in [1.29, 1.82) is 0 Å². The second-order valence-electron chi connectivity index (χ2n) is 10.3. The molecule has 0 bridgehead atoms. The first-order chi connectivity index (χ1) is 12.3. The lowest BCUT2D eigenvalue weighted by molar-refractivity contribution is 0.554. The third kappa shape index (κ3) is 5.67. The Labute approximate surface area is 168 Å². The summed E-state index contributed by atoms with van der Waals surface area (Å²) in [5.41, 5.74) is 9.05. The highest BCUT2D eigenvalue weighted by atomic mass is 31.1. The molecule has 0 N–H and O–H groups in total. The fraction of sp³-hybridized carbons (Fsp3) is 0.480. The fourth-order valence-corrected chi connectivity index (χ4v) is 4.49. The van der Waals surface area contributed by atoms with Gasteiger partial charge in [-0.2, -0.15) is 0 Å². The van der Waals surface area contributed by atoms with Gasteiger partial charge >= 0.3 is 0 Å². The van der Waals surface area contributed by atoms with Crippen molar-refractivity contribution in [3.8, 4) is 11.6 Å². The van der Waals surface area contributed by atoms with Crippen LogP contribution in [0.5, 0.6) is 0 Å². The van der Waals surface area contributed by atoms with E-state index in [-0.39, 0.29) is 16.2 Å². The number of hydrogen-bond acceptors (Lipinski definition) is 1. The molecular weight excluding hydrogens is 345 g/mol. The van der Waals surface area contributed by atoms with Crippen LogP contribution in [0.25, 0.3) is 0 Å². The van der Waals surface area contributed by atoms with Gasteiger partial charge in [0.2, 0.25) is 0 Å². The second-order valence-corrected chi connectivity index (χ2v) is 11.3. The first-order valence-corrected chi connectivity index (χ1v) is 10.7. The van der Waals surface area contributed by atoms with Gasteiger partial charge in [0.1, 0.15) is 0 Å². The molecule has 144 valence electrons. The molecule has 0 amide bonds. The molecule has 0 saturated carbocycles. The van der Waals surface area contributed by atoms with Crippen LogP contribution in [0.1, 0.15) is 84.6 Å². The maximum absolute atomic E-state index is 4.07. The molecule has 1 aromatic carbocycles. The van der Waals surface area contributed by atoms with E-state index in [1.807, 2.05) is 12.1 Å². The molecular formula is C25H34NP. The number of benzene rings is 1. The molecule has 2 rings (SSSR count). The number of hydrogen-bond donors (Lipinski definition) is 0. The molecule has 1 atom stereocenters. The first kappa shape index (κ1) is 21.7. The van der Waals surface area contributed by atoms with Gasteiger partial charge in [0.05, 0.1) is 0 Å². The van der Waals surface area contributed by atoms with Gasteiger partial charge < -0.3 is 0 Å². The van der Waals surface area contributed by atoms with E-state index < -0.39 is 0 Å². The Morgan fingerprint density at radius 1 is 0.741 bits per heavy atom. The van der Waals surface area contributed by atoms with Crippen LogP contribution < -0.4 is 5.30 Å². The molecule has 0 fully saturated rings. The number of pyridine rings is 1. The first-order valence-electron chi connectivity index (χ1n) is 9.67. The van der Waals surface area contributed by atoms with Gasteiger partial charge in [-0.05, 0) is 59.0 Å². The lowest BCUT2D eigenvalue weighted by Gasteiger charge is -2.33. The second kappa shape index (κ2) is 7.77. The monoisotopic (exact) mass is 379 g/mol. The van der Waals surface area contributed by atoms with Crippen molar-refractivity contribution in [3.63, 3.8) is 0 Å². The summed E-state index contributed by atoms with van der Waals surface area (Å²) in [6.45, 7) is 20.8. The standard InChI is InChI=1S/C25H34NP/c1-23(2,3)19-16-20(24(4,5)6)22(21(17-19)25(7,8)9)27-15-12-18-10-13-26-14-11-18/h10-11,13-14,16-17,27H,1-9H3. The highest BCUT2D eigenvalue weighted by Gasteiger charge is 2.28. The van der Waals surface area contributed by atoms with Crippen LogP contribution in [0, 0.1) is 11.6 Å². The van der Waals surface area contributed by atoms with Crippen molar-refractivity contribution in [2.75, 3.05) is 0 Å². The van der Waals surface area contributed by atoms with Gasteiger partial charge in [-0.1, -0.05) is 86.0 Å². The Morgan fingerprint density at radius 3 is 1.63 bits per heavy atom. The Balaban J connectivity index is 2.64.